The molecule has 17 aromatic rings. The molecule has 8 saturated carbocycles. The molecule has 5 aromatic heterocycles. The number of hydrogen-bond donors (Lipinski definition) is 0. The summed E-state index contributed by atoms with van der Waals surface area (Å²) in [6.45, 7) is 22.2. The van der Waals surface area contributed by atoms with E-state index in [1.807, 2.05) is 0 Å². The number of hydrogen-bond acceptors (Lipinski definition) is 0. The van der Waals surface area contributed by atoms with Crippen LogP contribution in [0.5, 0.6) is 0 Å². The number of aromatic nitrogens is 5. The van der Waals surface area contributed by atoms with Crippen LogP contribution < -0.4 is 0 Å². The highest BCUT2D eigenvalue weighted by Gasteiger charge is 2.53. The second-order valence-corrected chi connectivity index (χ2v) is 35.8. The van der Waals surface area contributed by atoms with Crippen LogP contribution in [0.2, 0.25) is 0 Å². The Morgan fingerprint density at radius 3 is 1.22 bits per heavy atom. The predicted octanol–water partition coefficient (Wildman–Crippen LogP) is 28.8. The molecule has 0 amide bonds. The molecule has 0 radical (unpaired) electrons. The lowest BCUT2D eigenvalue weighted by atomic mass is 9.53. The molecule has 8 bridgehead atoms. The van der Waals surface area contributed by atoms with E-state index < -0.39 is 0 Å². The second kappa shape index (κ2) is 27.9. The smallest absolute Gasteiger partial charge is 0.0541 e. The van der Waals surface area contributed by atoms with Crippen LogP contribution in [0.3, 0.4) is 0 Å². The molecule has 8 aliphatic carbocycles. The number of rotatable bonds is 6. The van der Waals surface area contributed by atoms with Gasteiger partial charge in [0.05, 0.1) is 11.0 Å². The van der Waals surface area contributed by atoms with E-state index in [-0.39, 0.29) is 5.54 Å². The zero-order valence-corrected chi connectivity index (χ0v) is 66.3. The molecule has 0 aliphatic heterocycles. The normalized spacial score (nSPS) is 21.9. The Kier molecular flexibility index (Phi) is 17.8. The molecule has 1 atom stereocenters. The third kappa shape index (κ3) is 12.3. The monoisotopic (exact) mass is 1440 g/mol. The van der Waals surface area contributed by atoms with E-state index in [4.69, 9.17) is 0 Å². The third-order valence-corrected chi connectivity index (χ3v) is 27.1. The summed E-state index contributed by atoms with van der Waals surface area (Å²) < 4.78 is 12.8. The van der Waals surface area contributed by atoms with Gasteiger partial charge in [0.15, 0.2) is 0 Å². The molecule has 0 spiro atoms. The molecule has 8 aliphatic rings. The van der Waals surface area contributed by atoms with Gasteiger partial charge in [-0.15, -0.1) is 0 Å². The van der Waals surface area contributed by atoms with Crippen LogP contribution >= 0.6 is 0 Å². The van der Waals surface area contributed by atoms with E-state index >= 15 is 0 Å². The van der Waals surface area contributed by atoms with E-state index in [1.165, 1.54) is 224 Å². The summed E-state index contributed by atoms with van der Waals surface area (Å²) in [5, 5.41) is 13.9. The van der Waals surface area contributed by atoms with Gasteiger partial charge in [0.25, 0.3) is 0 Å². The van der Waals surface area contributed by atoms with Gasteiger partial charge in [0.1, 0.15) is 0 Å². The predicted molar refractivity (Wildman–Crippen MR) is 470 cm³/mol. The molecule has 5 heteroatoms. The van der Waals surface area contributed by atoms with Crippen molar-refractivity contribution in [3.63, 3.8) is 0 Å². The highest BCUT2D eigenvalue weighted by molar-refractivity contribution is 6.13. The molecule has 1 unspecified atom stereocenters. The minimum atomic E-state index is 0.0939. The highest BCUT2D eigenvalue weighted by atomic mass is 15.1. The second-order valence-electron chi connectivity index (χ2n) is 35.8. The summed E-state index contributed by atoms with van der Waals surface area (Å²) in [6, 6.07) is 99.3. The minimum Gasteiger partial charge on any atom is -0.338 e. The van der Waals surface area contributed by atoms with Crippen LogP contribution in [0, 0.1) is 76.0 Å². The molecular weight excluding hydrogens is 1330 g/mol. The molecule has 25 rings (SSSR count). The fraction of sp³-hybridized carbons (Fsp3) is 0.314. The largest absolute Gasteiger partial charge is 0.338 e. The minimum absolute atomic E-state index is 0.0939. The average Bonchev–Trinajstić information content (AvgIpc) is 1.36. The molecule has 12 aromatic carbocycles. The van der Waals surface area contributed by atoms with Crippen LogP contribution in [0.15, 0.2) is 267 Å². The summed E-state index contributed by atoms with van der Waals surface area (Å²) >= 11 is 0. The number of benzene rings is 12. The first kappa shape index (κ1) is 70.1. The summed E-state index contributed by atoms with van der Waals surface area (Å²) in [5.41, 5.74) is 24.6. The van der Waals surface area contributed by atoms with Crippen molar-refractivity contribution in [1.82, 2.24) is 22.8 Å². The van der Waals surface area contributed by atoms with Gasteiger partial charge in [-0.25, -0.2) is 0 Å². The molecule has 552 valence electrons. The third-order valence-electron chi connectivity index (χ3n) is 27.1. The van der Waals surface area contributed by atoms with Crippen molar-refractivity contribution in [2.45, 2.75) is 169 Å². The van der Waals surface area contributed by atoms with E-state index in [9.17, 15) is 0 Å². The maximum atomic E-state index is 2.79. The van der Waals surface area contributed by atoms with Crippen LogP contribution in [0.1, 0.15) is 152 Å². The molecule has 8 fully saturated rings. The quantitative estimate of drug-likeness (QED) is 0.159. The maximum absolute atomic E-state index is 2.79. The first-order valence-corrected chi connectivity index (χ1v) is 41.7. The van der Waals surface area contributed by atoms with Crippen LogP contribution in [0.25, 0.3) is 126 Å². The van der Waals surface area contributed by atoms with Gasteiger partial charge in [-0.3, -0.25) is 0 Å². The van der Waals surface area contributed by atoms with E-state index in [0.717, 1.165) is 53.9 Å². The van der Waals surface area contributed by atoms with Crippen LogP contribution in [0.4, 0.5) is 0 Å². The van der Waals surface area contributed by atoms with Crippen molar-refractivity contribution in [1.29, 1.82) is 0 Å². The fourth-order valence-corrected chi connectivity index (χ4v) is 23.1. The van der Waals surface area contributed by atoms with Crippen molar-refractivity contribution < 1.29 is 0 Å². The Balaban J connectivity index is 0.0000000938. The first-order chi connectivity index (χ1) is 53.5. The zero-order valence-electron chi connectivity index (χ0n) is 66.3. The number of para-hydroxylation sites is 5. The fourth-order valence-electron chi connectivity index (χ4n) is 23.1. The van der Waals surface area contributed by atoms with Gasteiger partial charge >= 0.3 is 0 Å². The molecule has 110 heavy (non-hydrogen) atoms. The van der Waals surface area contributed by atoms with Crippen LogP contribution in [-0.2, 0) is 11.1 Å². The highest BCUT2D eigenvalue weighted by Crippen LogP contribution is 2.62. The lowest BCUT2D eigenvalue weighted by molar-refractivity contribution is -0.0387. The van der Waals surface area contributed by atoms with E-state index in [0.29, 0.717) is 11.6 Å². The Morgan fingerprint density at radius 2 is 0.673 bits per heavy atom. The SMILES string of the molecule is CCC(C)n1c2ccccc2c2cc(C)ccc21.Cc1ccc2c(c1)c1cc(-c3ccccc3)ccc1n2-c1ccccc1.Cc1ccc2c(c1)c1ccccc1n2C(C)(C)C.Cc1ccc2c(c1)c1ccccc1n2C12CC3CC(CC(C3)C1)C2.Cc1ccc2c(c1)c1ccccc1n2C1C2CC3CC(C2)CC1C3. The Hall–Kier alpha value is -10.4. The topological polar surface area (TPSA) is 24.6 Å². The number of fused-ring (bicyclic) bond motifs is 15. The summed E-state index contributed by atoms with van der Waals surface area (Å²) in [4.78, 5) is 0. The Bertz CT molecular complexity index is 6270. The van der Waals surface area contributed by atoms with Gasteiger partial charge in [-0.1, -0.05) is 192 Å². The van der Waals surface area contributed by atoms with Gasteiger partial charge in [0, 0.05) is 127 Å². The zero-order chi connectivity index (χ0) is 74.8. The van der Waals surface area contributed by atoms with Crippen molar-refractivity contribution in [2.24, 2.45) is 41.4 Å². The van der Waals surface area contributed by atoms with Crippen molar-refractivity contribution in [3.05, 3.63) is 295 Å². The molecule has 5 heterocycles. The summed E-state index contributed by atoms with van der Waals surface area (Å²) in [7, 11) is 0. The van der Waals surface area contributed by atoms with Crippen LogP contribution in [-0.4, -0.2) is 22.8 Å². The van der Waals surface area contributed by atoms with Crippen molar-refractivity contribution >= 4 is 109 Å². The lowest BCUT2D eigenvalue weighted by Crippen LogP contribution is -2.51. The van der Waals surface area contributed by atoms with Crippen molar-refractivity contribution in [3.8, 4) is 16.8 Å². The number of aryl methyl sites for hydroxylation is 5. The number of nitrogens with zero attached hydrogens (tertiary/aromatic N) is 5. The molecular formula is C105H107N5. The average molecular weight is 1440 g/mol. The molecule has 5 nitrogen and oxygen atoms in total. The van der Waals surface area contributed by atoms with Gasteiger partial charge in [0.2, 0.25) is 0 Å². The summed E-state index contributed by atoms with van der Waals surface area (Å²) in [5.74, 6) is 6.87. The first-order valence-electron chi connectivity index (χ1n) is 41.7. The van der Waals surface area contributed by atoms with E-state index in [2.05, 4.69) is 359 Å². The van der Waals surface area contributed by atoms with E-state index in [1.54, 1.807) is 0 Å². The van der Waals surface area contributed by atoms with Gasteiger partial charge in [-0.05, 0) is 301 Å². The lowest BCUT2D eigenvalue weighted by Gasteiger charge is -2.57. The summed E-state index contributed by atoms with van der Waals surface area (Å²) in [6.07, 6.45) is 17.4. The van der Waals surface area contributed by atoms with Gasteiger partial charge in [-0.2, -0.15) is 0 Å². The maximum Gasteiger partial charge on any atom is 0.0541 e. The molecule has 0 N–H and O–H groups in total. The Labute approximate surface area is 650 Å². The molecule has 0 saturated heterocycles. The van der Waals surface area contributed by atoms with Gasteiger partial charge < -0.3 is 22.8 Å². The Morgan fingerprint density at radius 1 is 0.327 bits per heavy atom. The van der Waals surface area contributed by atoms with Crippen molar-refractivity contribution in [2.75, 3.05) is 0 Å². The standard InChI is InChI=1S/C25H19N.2C23H25N.2C17H19N/c1-18-12-14-24-22(16-18)23-17-20(19-8-4-2-5-9-19)13-15-25(23)26(24)21-10-6-3-7-11-21;1-15-6-7-22-20(8-15)19-4-2-3-5-21(19)24(22)23-12-16-9-17(13-23)11-18(10-16)14-23;1-14-6-7-22-20(8-14)19-4-2-3-5-21(19)24(22)23-17-10-15-9-16(12-17)13-18(23)11-15;1-12-9-10-16-14(11-12)13-7-5-6-8-15(13)18(16)17(2,3)4;1-4-13(3)18-16-8-6-5-7-14(16)15-11-12(2)9-10-17(15)18/h2-17H,1H3;2-8,16-18H,9-14H2,1H3;2-8,15-18,23H,9-13H2,1H3;5-11H,1-4H3;5-11,13H,4H2,1-3H3.